The molecule has 0 radical (unpaired) electrons. The lowest BCUT2D eigenvalue weighted by Gasteiger charge is -2.34. The molecule has 7 nitrogen and oxygen atoms in total. The fraction of sp³-hybridized carbons (Fsp3) is 0.368. The van der Waals surface area contributed by atoms with Gasteiger partial charge in [-0.25, -0.2) is 9.78 Å². The Hall–Kier alpha value is -2.80. The lowest BCUT2D eigenvalue weighted by Crippen LogP contribution is -2.49. The van der Waals surface area contributed by atoms with Gasteiger partial charge in [0.2, 0.25) is 0 Å². The molecular formula is C19H23N5O2. The van der Waals surface area contributed by atoms with Crippen LogP contribution in [0, 0.1) is 6.92 Å². The predicted octanol–water partition coefficient (Wildman–Crippen LogP) is 2.82. The van der Waals surface area contributed by atoms with Gasteiger partial charge >= 0.3 is 6.03 Å². The predicted molar refractivity (Wildman–Crippen MR) is 100 cm³/mol. The monoisotopic (exact) mass is 353 g/mol. The number of aryl methyl sites for hydroxylation is 2. The summed E-state index contributed by atoms with van der Waals surface area (Å²) in [5.41, 5.74) is 1.45. The van der Waals surface area contributed by atoms with E-state index in [1.54, 1.807) is 0 Å². The van der Waals surface area contributed by atoms with Gasteiger partial charge in [-0.05, 0) is 19.1 Å². The van der Waals surface area contributed by atoms with Crippen LogP contribution < -0.4 is 5.32 Å². The number of carbonyl (C=O) groups excluding carboxylic acids is 1. The molecule has 0 bridgehead atoms. The summed E-state index contributed by atoms with van der Waals surface area (Å²) in [6, 6.07) is 7.68. The molecule has 26 heavy (non-hydrogen) atoms. The quantitative estimate of drug-likeness (QED) is 0.786. The summed E-state index contributed by atoms with van der Waals surface area (Å²) in [5.74, 6) is 1.88. The minimum absolute atomic E-state index is 0.0804. The van der Waals surface area contributed by atoms with Crippen molar-refractivity contribution in [3.63, 3.8) is 0 Å². The topological polar surface area (TPSA) is 66.5 Å². The number of imidazole rings is 1. The summed E-state index contributed by atoms with van der Waals surface area (Å²) in [7, 11) is 2.00. The molecule has 1 aliphatic rings. The second-order valence-corrected chi connectivity index (χ2v) is 6.73. The summed E-state index contributed by atoms with van der Waals surface area (Å²) in [5, 5.41) is 4.00. The molecule has 0 unspecified atom stereocenters. The van der Waals surface area contributed by atoms with Crippen LogP contribution in [0.1, 0.15) is 11.6 Å². The van der Waals surface area contributed by atoms with Crippen LogP contribution in [0.4, 0.5) is 10.5 Å². The zero-order chi connectivity index (χ0) is 18.1. The number of carbonyl (C=O) groups is 1. The molecule has 3 aromatic rings. The molecule has 2 aromatic heterocycles. The molecule has 4 rings (SSSR count). The van der Waals surface area contributed by atoms with E-state index in [4.69, 9.17) is 4.42 Å². The fourth-order valence-electron chi connectivity index (χ4n) is 3.34. The first kappa shape index (κ1) is 16.7. The highest BCUT2D eigenvalue weighted by molar-refractivity contribution is 5.99. The minimum Gasteiger partial charge on any atom is -0.459 e. The Balaban J connectivity index is 1.37. The number of aromatic nitrogens is 2. The Morgan fingerprint density at radius 3 is 2.81 bits per heavy atom. The molecule has 1 saturated heterocycles. The van der Waals surface area contributed by atoms with Crippen LogP contribution in [-0.2, 0) is 13.6 Å². The van der Waals surface area contributed by atoms with Gasteiger partial charge in [0.25, 0.3) is 0 Å². The Morgan fingerprint density at radius 1 is 1.27 bits per heavy atom. The lowest BCUT2D eigenvalue weighted by molar-refractivity contribution is 0.140. The van der Waals surface area contributed by atoms with Gasteiger partial charge in [0.15, 0.2) is 5.58 Å². The van der Waals surface area contributed by atoms with Gasteiger partial charge in [-0.15, -0.1) is 0 Å². The number of nitrogens with one attached hydrogen (secondary N) is 1. The van der Waals surface area contributed by atoms with Crippen molar-refractivity contribution in [2.75, 3.05) is 31.5 Å². The van der Waals surface area contributed by atoms with Crippen molar-refractivity contribution in [2.45, 2.75) is 13.5 Å². The molecule has 0 saturated carbocycles. The van der Waals surface area contributed by atoms with Gasteiger partial charge in [0.1, 0.15) is 11.6 Å². The van der Waals surface area contributed by atoms with Crippen LogP contribution in [0.2, 0.25) is 0 Å². The SMILES string of the molecule is Cc1cc2cccc(NC(=O)N3CCN(Cc4nccn4C)CC3)c2o1. The number of hydrogen-bond donors (Lipinski definition) is 1. The van der Waals surface area contributed by atoms with E-state index in [0.29, 0.717) is 13.1 Å². The molecule has 136 valence electrons. The number of nitrogens with zero attached hydrogens (tertiary/aromatic N) is 4. The molecule has 2 amide bonds. The maximum Gasteiger partial charge on any atom is 0.322 e. The van der Waals surface area contributed by atoms with Crippen molar-refractivity contribution in [3.05, 3.63) is 48.2 Å². The Kier molecular flexibility index (Phi) is 4.38. The second-order valence-electron chi connectivity index (χ2n) is 6.73. The van der Waals surface area contributed by atoms with Crippen molar-refractivity contribution < 1.29 is 9.21 Å². The highest BCUT2D eigenvalue weighted by Crippen LogP contribution is 2.26. The normalized spacial score (nSPS) is 15.5. The summed E-state index contributed by atoms with van der Waals surface area (Å²) in [6.45, 7) is 5.79. The number of para-hydroxylation sites is 1. The highest BCUT2D eigenvalue weighted by Gasteiger charge is 2.22. The minimum atomic E-state index is -0.0804. The van der Waals surface area contributed by atoms with E-state index in [1.165, 1.54) is 0 Å². The Morgan fingerprint density at radius 2 is 2.08 bits per heavy atom. The number of hydrogen-bond acceptors (Lipinski definition) is 4. The molecule has 1 N–H and O–H groups in total. The van der Waals surface area contributed by atoms with E-state index >= 15 is 0 Å². The summed E-state index contributed by atoms with van der Waals surface area (Å²) in [4.78, 5) is 21.2. The largest absolute Gasteiger partial charge is 0.459 e. The first-order valence-electron chi connectivity index (χ1n) is 8.84. The van der Waals surface area contributed by atoms with Crippen LogP contribution >= 0.6 is 0 Å². The molecule has 0 spiro atoms. The summed E-state index contributed by atoms with van der Waals surface area (Å²) < 4.78 is 7.76. The van der Waals surface area contributed by atoms with Gasteiger partial charge in [0.05, 0.1) is 12.2 Å². The van der Waals surface area contributed by atoms with Crippen molar-refractivity contribution >= 4 is 22.7 Å². The van der Waals surface area contributed by atoms with E-state index in [-0.39, 0.29) is 6.03 Å². The van der Waals surface area contributed by atoms with Crippen LogP contribution in [0.25, 0.3) is 11.0 Å². The maximum atomic E-state index is 12.6. The summed E-state index contributed by atoms with van der Waals surface area (Å²) >= 11 is 0. The first-order valence-corrected chi connectivity index (χ1v) is 8.84. The van der Waals surface area contributed by atoms with Gasteiger partial charge in [-0.3, -0.25) is 4.90 Å². The third kappa shape index (κ3) is 3.30. The lowest BCUT2D eigenvalue weighted by atomic mass is 10.2. The van der Waals surface area contributed by atoms with Crippen molar-refractivity contribution in [2.24, 2.45) is 7.05 Å². The Labute approximate surface area is 152 Å². The number of urea groups is 1. The first-order chi connectivity index (χ1) is 12.6. The van der Waals surface area contributed by atoms with Crippen LogP contribution in [0.15, 0.2) is 41.1 Å². The third-order valence-corrected chi connectivity index (χ3v) is 4.85. The molecule has 7 heteroatoms. The van der Waals surface area contributed by atoms with Gasteiger partial charge < -0.3 is 19.2 Å². The van der Waals surface area contributed by atoms with Gasteiger partial charge in [-0.2, -0.15) is 0 Å². The maximum absolute atomic E-state index is 12.6. The molecule has 0 atom stereocenters. The molecule has 0 aliphatic carbocycles. The van der Waals surface area contributed by atoms with E-state index in [2.05, 4.69) is 15.2 Å². The number of fused-ring (bicyclic) bond motifs is 1. The van der Waals surface area contributed by atoms with E-state index in [0.717, 1.165) is 47.9 Å². The standard InChI is InChI=1S/C19H23N5O2/c1-14-12-15-4-3-5-16(18(15)26-14)21-19(25)24-10-8-23(9-11-24)13-17-20-6-7-22(17)2/h3-7,12H,8-11,13H2,1-2H3,(H,21,25). The van der Waals surface area contributed by atoms with Crippen LogP contribution in [-0.4, -0.2) is 51.6 Å². The molecule has 3 heterocycles. The number of piperazine rings is 1. The smallest absolute Gasteiger partial charge is 0.322 e. The zero-order valence-corrected chi connectivity index (χ0v) is 15.1. The number of rotatable bonds is 3. The average Bonchev–Trinajstić information content (AvgIpc) is 3.21. The average molecular weight is 353 g/mol. The molecule has 1 fully saturated rings. The summed E-state index contributed by atoms with van der Waals surface area (Å²) in [6.07, 6.45) is 3.77. The van der Waals surface area contributed by atoms with Gasteiger partial charge in [-0.1, -0.05) is 12.1 Å². The number of anilines is 1. The number of benzene rings is 1. The number of furan rings is 1. The van der Waals surface area contributed by atoms with Crippen molar-refractivity contribution in [1.82, 2.24) is 19.4 Å². The van der Waals surface area contributed by atoms with E-state index < -0.39 is 0 Å². The van der Waals surface area contributed by atoms with Crippen LogP contribution in [0.3, 0.4) is 0 Å². The Bertz CT molecular complexity index is 921. The number of amides is 2. The van der Waals surface area contributed by atoms with Gasteiger partial charge in [0, 0.05) is 51.0 Å². The zero-order valence-electron chi connectivity index (χ0n) is 15.1. The van der Waals surface area contributed by atoms with E-state index in [9.17, 15) is 4.79 Å². The highest BCUT2D eigenvalue weighted by atomic mass is 16.3. The molecule has 1 aromatic carbocycles. The molecular weight excluding hydrogens is 330 g/mol. The van der Waals surface area contributed by atoms with Crippen molar-refractivity contribution in [1.29, 1.82) is 0 Å². The van der Waals surface area contributed by atoms with Crippen molar-refractivity contribution in [3.8, 4) is 0 Å². The fourth-order valence-corrected chi connectivity index (χ4v) is 3.34. The third-order valence-electron chi connectivity index (χ3n) is 4.85. The molecule has 1 aliphatic heterocycles. The van der Waals surface area contributed by atoms with E-state index in [1.807, 2.05) is 60.1 Å². The second kappa shape index (κ2) is 6.84. The van der Waals surface area contributed by atoms with Crippen LogP contribution in [0.5, 0.6) is 0 Å².